The van der Waals surface area contributed by atoms with Crippen LogP contribution in [-0.2, 0) is 17.1 Å². The standard InChI is InChI=1S/Bi.Ca.Cu.Pb.Sr.4H/q;+2;;;+2;4*-1. The molecule has 0 heterocycles. The second-order valence-corrected chi connectivity index (χ2v) is 0. The minimum absolute atomic E-state index is 0. The Morgan fingerprint density at radius 2 is 1.20 bits per heavy atom. The van der Waals surface area contributed by atoms with Gasteiger partial charge in [0.1, 0.15) is 0 Å². The molecule has 28 valence electrons. The van der Waals surface area contributed by atoms with Crippen LogP contribution in [0.3, 0.4) is 0 Å². The molecule has 0 spiro atoms. The van der Waals surface area contributed by atoms with E-state index in [2.05, 4.69) is 0 Å². The summed E-state index contributed by atoms with van der Waals surface area (Å²) in [4.78, 5) is 0. The van der Waals surface area contributed by atoms with Crippen molar-refractivity contribution >= 4 is 137 Å². The van der Waals surface area contributed by atoms with E-state index < -0.39 is 0 Å². The van der Waals surface area contributed by atoms with Gasteiger partial charge in [0, 0.05) is 70.6 Å². The first-order valence-electron chi connectivity index (χ1n) is 0. The molecular formula is H4BiCaCuPbSr. The van der Waals surface area contributed by atoms with Gasteiger partial charge in [-0.15, -0.1) is 0 Å². The average molecular weight is 611 g/mol. The van der Waals surface area contributed by atoms with Gasteiger partial charge in [0.25, 0.3) is 0 Å². The maximum atomic E-state index is 0. The van der Waals surface area contributed by atoms with Gasteiger partial charge in [0.05, 0.1) is 0 Å². The van der Waals surface area contributed by atoms with Gasteiger partial charge in [0.15, 0.2) is 0 Å². The maximum absolute atomic E-state index is 0. The van der Waals surface area contributed by atoms with Crippen LogP contribution < -0.4 is 0 Å². The Morgan fingerprint density at radius 1 is 1.20 bits per heavy atom. The van der Waals surface area contributed by atoms with E-state index in [-0.39, 0.29) is 159 Å². The molecule has 0 aromatic heterocycles. The van der Waals surface area contributed by atoms with Crippen molar-refractivity contribution in [2.45, 2.75) is 0 Å². The average Bonchev–Trinajstić information content (AvgIpc) is 0. The van der Waals surface area contributed by atoms with Crippen molar-refractivity contribution < 1.29 is 22.8 Å². The summed E-state index contributed by atoms with van der Waals surface area (Å²) in [5.74, 6) is 0. The molecule has 0 aromatic rings. The van der Waals surface area contributed by atoms with Crippen molar-refractivity contribution in [3.8, 4) is 0 Å². The van der Waals surface area contributed by atoms with Crippen molar-refractivity contribution in [3.05, 3.63) is 0 Å². The van der Waals surface area contributed by atoms with E-state index in [1.54, 1.807) is 0 Å². The molecule has 5 heteroatoms. The van der Waals surface area contributed by atoms with Gasteiger partial charge in [-0.3, -0.25) is 0 Å². The van der Waals surface area contributed by atoms with E-state index in [0.717, 1.165) is 0 Å². The predicted octanol–water partition coefficient (Wildman–Crippen LogP) is -1.08. The van der Waals surface area contributed by atoms with Crippen LogP contribution in [0.4, 0.5) is 0 Å². The third-order valence-corrected chi connectivity index (χ3v) is 0. The zero-order valence-corrected chi connectivity index (χ0v) is 16.7. The summed E-state index contributed by atoms with van der Waals surface area (Å²) in [6, 6.07) is 0. The van der Waals surface area contributed by atoms with E-state index in [1.165, 1.54) is 0 Å². The van der Waals surface area contributed by atoms with Gasteiger partial charge in [-0.25, -0.2) is 0 Å². The van der Waals surface area contributed by atoms with Gasteiger partial charge in [-0.05, 0) is 0 Å². The van der Waals surface area contributed by atoms with Gasteiger partial charge < -0.3 is 5.71 Å². The molecular weight excluding hydrogens is 607 g/mol. The Kier molecular flexibility index (Phi) is 148. The van der Waals surface area contributed by atoms with E-state index in [1.807, 2.05) is 0 Å². The third kappa shape index (κ3) is 17.6. The van der Waals surface area contributed by atoms with Gasteiger partial charge in [-0.2, -0.15) is 0 Å². The van der Waals surface area contributed by atoms with Crippen LogP contribution in [0.5, 0.6) is 0 Å². The largest absolute Gasteiger partial charge is 2.00 e. The first kappa shape index (κ1) is 32.2. The number of hydrogen-bond donors (Lipinski definition) is 0. The van der Waals surface area contributed by atoms with Gasteiger partial charge >= 0.3 is 83.2 Å². The van der Waals surface area contributed by atoms with Crippen LogP contribution in [0.15, 0.2) is 0 Å². The predicted molar refractivity (Wildman–Crippen MR) is 27.5 cm³/mol. The Bertz CT molecular complexity index is 20.5. The quantitative estimate of drug-likeness (QED) is 0.307. The molecule has 0 amide bonds. The molecule has 0 rings (SSSR count). The summed E-state index contributed by atoms with van der Waals surface area (Å²) in [7, 11) is 0. The minimum atomic E-state index is 0. The summed E-state index contributed by atoms with van der Waals surface area (Å²) in [6.45, 7) is 0. The summed E-state index contributed by atoms with van der Waals surface area (Å²) in [5, 5.41) is 0. The van der Waals surface area contributed by atoms with Gasteiger partial charge in [-0.1, -0.05) is 0 Å². The zero-order chi connectivity index (χ0) is 0. The Morgan fingerprint density at radius 3 is 1.20 bits per heavy atom. The fraction of sp³-hybridized carbons (Fsp3) is 0. The minimum Gasteiger partial charge on any atom is -1.00 e. The summed E-state index contributed by atoms with van der Waals surface area (Å²) < 4.78 is 0. The summed E-state index contributed by atoms with van der Waals surface area (Å²) in [5.41, 5.74) is 0. The third-order valence-electron chi connectivity index (χ3n) is 0. The Hall–Kier alpha value is 5.06. The normalized spacial score (nSPS) is 0. The van der Waals surface area contributed by atoms with Crippen LogP contribution in [-0.4, -0.2) is 137 Å². The van der Waals surface area contributed by atoms with E-state index in [4.69, 9.17) is 0 Å². The maximum Gasteiger partial charge on any atom is 2.00 e. The SMILES string of the molecule is [Bi].[Ca+2].[Cu].[H-].[H-].[H-].[H-].[Pb].[Sr+2]. The first-order valence-corrected chi connectivity index (χ1v) is 0. The second-order valence-electron chi connectivity index (χ2n) is 0. The molecule has 0 fully saturated rings. The van der Waals surface area contributed by atoms with Crippen LogP contribution in [0, 0.1) is 0 Å². The summed E-state index contributed by atoms with van der Waals surface area (Å²) in [6.07, 6.45) is 0. The van der Waals surface area contributed by atoms with Crippen LogP contribution in [0.2, 0.25) is 0 Å². The van der Waals surface area contributed by atoms with Crippen LogP contribution in [0.1, 0.15) is 5.71 Å². The van der Waals surface area contributed by atoms with Gasteiger partial charge in [0.2, 0.25) is 0 Å². The molecule has 0 unspecified atom stereocenters. The molecule has 0 atom stereocenters. The van der Waals surface area contributed by atoms with E-state index in [0.29, 0.717) is 0 Å². The van der Waals surface area contributed by atoms with E-state index in [9.17, 15) is 0 Å². The number of rotatable bonds is 0. The first-order chi connectivity index (χ1) is 0. The molecule has 0 aliphatic carbocycles. The molecule has 8 radical (unpaired) electrons. The van der Waals surface area contributed by atoms with Crippen molar-refractivity contribution in [3.63, 3.8) is 0 Å². The topological polar surface area (TPSA) is 0 Å². The molecule has 0 bridgehead atoms. The molecule has 0 nitrogen and oxygen atoms in total. The van der Waals surface area contributed by atoms with Crippen LogP contribution in [0.25, 0.3) is 0 Å². The second kappa shape index (κ2) is 23.0. The molecule has 0 saturated heterocycles. The van der Waals surface area contributed by atoms with Crippen molar-refractivity contribution in [2.24, 2.45) is 0 Å². The zero-order valence-electron chi connectivity index (χ0n) is 6.66. The molecule has 0 N–H and O–H groups in total. The fourth-order valence-corrected chi connectivity index (χ4v) is 0. The Labute approximate surface area is 155 Å². The molecule has 0 aliphatic heterocycles. The monoisotopic (exact) mass is 612 g/mol. The van der Waals surface area contributed by atoms with Crippen LogP contribution >= 0.6 is 0 Å². The summed E-state index contributed by atoms with van der Waals surface area (Å²) >= 11 is 0. The molecule has 0 aromatic carbocycles. The molecule has 0 saturated carbocycles. The van der Waals surface area contributed by atoms with Crippen molar-refractivity contribution in [1.82, 2.24) is 0 Å². The fourth-order valence-electron chi connectivity index (χ4n) is 0. The Balaban J connectivity index is 0. The van der Waals surface area contributed by atoms with E-state index >= 15 is 0 Å². The smallest absolute Gasteiger partial charge is 1.00 e. The van der Waals surface area contributed by atoms with Crippen molar-refractivity contribution in [2.75, 3.05) is 0 Å². The number of hydrogen-bond acceptors (Lipinski definition) is 0. The van der Waals surface area contributed by atoms with Crippen molar-refractivity contribution in [1.29, 1.82) is 0 Å². The molecule has 5 heavy (non-hydrogen) atoms. The molecule has 0 aliphatic rings.